The molecule has 19 heavy (non-hydrogen) atoms. The van der Waals surface area contributed by atoms with Crippen molar-refractivity contribution in [2.45, 2.75) is 39.0 Å². The summed E-state index contributed by atoms with van der Waals surface area (Å²) in [7, 11) is -3.42. The molecule has 5 nitrogen and oxygen atoms in total. The van der Waals surface area contributed by atoms with Crippen LogP contribution in [0, 0.1) is 12.3 Å². The summed E-state index contributed by atoms with van der Waals surface area (Å²) in [5.41, 5.74) is 2.02. The molecule has 0 saturated heterocycles. The van der Waals surface area contributed by atoms with Crippen LogP contribution >= 0.6 is 0 Å². The van der Waals surface area contributed by atoms with Crippen molar-refractivity contribution in [3.63, 3.8) is 0 Å². The van der Waals surface area contributed by atoms with Gasteiger partial charge in [-0.2, -0.15) is 9.40 Å². The van der Waals surface area contributed by atoms with Gasteiger partial charge >= 0.3 is 0 Å². The minimum Gasteiger partial charge on any atom is -0.281 e. The highest BCUT2D eigenvalue weighted by Crippen LogP contribution is 2.31. The lowest BCUT2D eigenvalue weighted by atomic mass is 9.83. The lowest BCUT2D eigenvalue weighted by molar-refractivity contribution is 0.389. The number of aromatic amines is 1. The molecule has 1 aliphatic rings. The van der Waals surface area contributed by atoms with E-state index in [1.807, 2.05) is 6.08 Å². The third-order valence-electron chi connectivity index (χ3n) is 3.54. The summed E-state index contributed by atoms with van der Waals surface area (Å²) in [5, 5.41) is 6.47. The molecule has 1 aromatic heterocycles. The topological polar surface area (TPSA) is 66.1 Å². The first kappa shape index (κ1) is 14.3. The van der Waals surface area contributed by atoms with Gasteiger partial charge in [-0.3, -0.25) is 5.10 Å². The van der Waals surface area contributed by atoms with E-state index < -0.39 is 10.0 Å². The normalized spacial score (nSPS) is 18.4. The van der Waals surface area contributed by atoms with Crippen molar-refractivity contribution in [1.29, 1.82) is 0 Å². The second kappa shape index (κ2) is 4.76. The molecule has 0 fully saturated rings. The summed E-state index contributed by atoms with van der Waals surface area (Å²) in [6.07, 6.45) is 4.21. The van der Waals surface area contributed by atoms with Crippen molar-refractivity contribution >= 4 is 10.0 Å². The minimum absolute atomic E-state index is 0.113. The van der Waals surface area contributed by atoms with Crippen LogP contribution in [0.4, 0.5) is 0 Å². The van der Waals surface area contributed by atoms with Crippen LogP contribution in [0.5, 0.6) is 0 Å². The number of rotatable bonds is 2. The summed E-state index contributed by atoms with van der Waals surface area (Å²) in [4.78, 5) is 0.278. The van der Waals surface area contributed by atoms with Gasteiger partial charge in [-0.05, 0) is 18.8 Å². The van der Waals surface area contributed by atoms with Gasteiger partial charge in [-0.1, -0.05) is 32.4 Å². The zero-order valence-electron chi connectivity index (χ0n) is 11.9. The molecule has 0 unspecified atom stereocenters. The molecule has 0 aromatic carbocycles. The number of nitrogens with zero attached hydrogens (tertiary/aromatic N) is 2. The Morgan fingerprint density at radius 3 is 2.47 bits per heavy atom. The van der Waals surface area contributed by atoms with Crippen LogP contribution in [-0.2, 0) is 10.0 Å². The van der Waals surface area contributed by atoms with Gasteiger partial charge in [-0.15, -0.1) is 0 Å². The second-order valence-electron chi connectivity index (χ2n) is 5.95. The molecule has 0 spiro atoms. The van der Waals surface area contributed by atoms with Gasteiger partial charge in [0.05, 0.1) is 11.9 Å². The monoisotopic (exact) mass is 283 g/mol. The Bertz CT molecular complexity index is 594. The van der Waals surface area contributed by atoms with Crippen LogP contribution < -0.4 is 0 Å². The van der Waals surface area contributed by atoms with E-state index in [0.29, 0.717) is 18.8 Å². The van der Waals surface area contributed by atoms with Gasteiger partial charge in [0.1, 0.15) is 4.90 Å². The van der Waals surface area contributed by atoms with Crippen molar-refractivity contribution in [1.82, 2.24) is 14.5 Å². The van der Waals surface area contributed by atoms with E-state index in [1.165, 1.54) is 16.1 Å². The van der Waals surface area contributed by atoms with Crippen molar-refractivity contribution < 1.29 is 8.42 Å². The molecule has 1 aliphatic heterocycles. The lowest BCUT2D eigenvalue weighted by Gasteiger charge is -2.31. The molecule has 0 aliphatic carbocycles. The maximum absolute atomic E-state index is 12.5. The minimum atomic E-state index is -3.42. The summed E-state index contributed by atoms with van der Waals surface area (Å²) in [6.45, 7) is 9.17. The van der Waals surface area contributed by atoms with Crippen molar-refractivity contribution in [2.75, 3.05) is 13.1 Å². The van der Waals surface area contributed by atoms with Crippen LogP contribution in [0.2, 0.25) is 0 Å². The number of sulfonamides is 1. The van der Waals surface area contributed by atoms with E-state index >= 15 is 0 Å². The molecule has 2 rings (SSSR count). The largest absolute Gasteiger partial charge is 0.281 e. The van der Waals surface area contributed by atoms with E-state index in [1.54, 1.807) is 6.92 Å². The van der Waals surface area contributed by atoms with E-state index in [2.05, 4.69) is 31.0 Å². The predicted molar refractivity (Wildman–Crippen MR) is 74.2 cm³/mol. The SMILES string of the molecule is Cc1[nH]ncc1S(=O)(=O)N1CC=C(C(C)(C)C)CC1. The predicted octanol–water partition coefficient (Wildman–Crippen LogP) is 2.09. The molecule has 0 radical (unpaired) electrons. The quantitative estimate of drug-likeness (QED) is 0.845. The van der Waals surface area contributed by atoms with Gasteiger partial charge in [0.2, 0.25) is 10.0 Å². The molecule has 1 N–H and O–H groups in total. The van der Waals surface area contributed by atoms with Crippen LogP contribution in [0.3, 0.4) is 0 Å². The van der Waals surface area contributed by atoms with Crippen LogP contribution in [0.1, 0.15) is 32.9 Å². The Morgan fingerprint density at radius 1 is 1.37 bits per heavy atom. The van der Waals surface area contributed by atoms with Crippen molar-refractivity contribution in [3.8, 4) is 0 Å². The smallest absolute Gasteiger partial charge is 0.246 e. The highest BCUT2D eigenvalue weighted by Gasteiger charge is 2.30. The van der Waals surface area contributed by atoms with E-state index in [0.717, 1.165) is 6.42 Å². The summed E-state index contributed by atoms with van der Waals surface area (Å²) >= 11 is 0. The standard InChI is InChI=1S/C13H21N3O2S/c1-10-12(9-14-15-10)19(17,18)16-7-5-11(6-8-16)13(2,3)4/h5,9H,6-8H2,1-4H3,(H,14,15). The van der Waals surface area contributed by atoms with Gasteiger partial charge in [0.15, 0.2) is 0 Å². The Hall–Kier alpha value is -1.14. The maximum atomic E-state index is 12.5. The molecule has 106 valence electrons. The first-order valence-corrected chi connectivity index (χ1v) is 7.86. The van der Waals surface area contributed by atoms with Crippen LogP contribution in [-0.4, -0.2) is 36.0 Å². The Labute approximate surface area is 114 Å². The molecule has 1 aromatic rings. The lowest BCUT2D eigenvalue weighted by Crippen LogP contribution is -2.36. The molecule has 0 amide bonds. The fraction of sp³-hybridized carbons (Fsp3) is 0.615. The maximum Gasteiger partial charge on any atom is 0.246 e. The number of aryl methyl sites for hydroxylation is 1. The summed E-state index contributed by atoms with van der Waals surface area (Å²) in [6, 6.07) is 0. The third kappa shape index (κ3) is 2.74. The first-order chi connectivity index (χ1) is 8.73. The zero-order valence-corrected chi connectivity index (χ0v) is 12.7. The number of aromatic nitrogens is 2. The van der Waals surface area contributed by atoms with Gasteiger partial charge in [-0.25, -0.2) is 8.42 Å². The average molecular weight is 283 g/mol. The molecule has 0 saturated carbocycles. The van der Waals surface area contributed by atoms with Gasteiger partial charge in [0, 0.05) is 13.1 Å². The zero-order chi connectivity index (χ0) is 14.3. The Balaban J connectivity index is 2.23. The Kier molecular flexibility index (Phi) is 3.57. The second-order valence-corrected chi connectivity index (χ2v) is 7.86. The summed E-state index contributed by atoms with van der Waals surface area (Å²) < 4.78 is 26.4. The van der Waals surface area contributed by atoms with Gasteiger partial charge < -0.3 is 0 Å². The average Bonchev–Trinajstić information content (AvgIpc) is 2.75. The summed E-state index contributed by atoms with van der Waals surface area (Å²) in [5.74, 6) is 0. The molecular weight excluding hydrogens is 262 g/mol. The fourth-order valence-electron chi connectivity index (χ4n) is 2.29. The number of nitrogens with one attached hydrogen (secondary N) is 1. The van der Waals surface area contributed by atoms with Gasteiger partial charge in [0.25, 0.3) is 0 Å². The third-order valence-corrected chi connectivity index (χ3v) is 5.52. The first-order valence-electron chi connectivity index (χ1n) is 6.42. The van der Waals surface area contributed by atoms with E-state index in [-0.39, 0.29) is 10.3 Å². The van der Waals surface area contributed by atoms with E-state index in [9.17, 15) is 8.42 Å². The Morgan fingerprint density at radius 2 is 2.05 bits per heavy atom. The van der Waals surface area contributed by atoms with E-state index in [4.69, 9.17) is 0 Å². The molecular formula is C13H21N3O2S. The number of hydrogen-bond donors (Lipinski definition) is 1. The number of H-pyrrole nitrogens is 1. The number of hydrogen-bond acceptors (Lipinski definition) is 3. The van der Waals surface area contributed by atoms with Crippen LogP contribution in [0.25, 0.3) is 0 Å². The highest BCUT2D eigenvalue weighted by atomic mass is 32.2. The molecule has 0 bridgehead atoms. The van der Waals surface area contributed by atoms with Crippen LogP contribution in [0.15, 0.2) is 22.7 Å². The highest BCUT2D eigenvalue weighted by molar-refractivity contribution is 7.89. The fourth-order valence-corrected chi connectivity index (χ4v) is 3.79. The molecule has 0 atom stereocenters. The van der Waals surface area contributed by atoms with Crippen molar-refractivity contribution in [2.24, 2.45) is 5.41 Å². The molecule has 2 heterocycles. The molecule has 6 heteroatoms. The van der Waals surface area contributed by atoms with Crippen molar-refractivity contribution in [3.05, 3.63) is 23.5 Å².